The average Bonchev–Trinajstić information content (AvgIpc) is 2.54. The number of benzene rings is 1. The van der Waals surface area contributed by atoms with Crippen molar-refractivity contribution >= 4 is 6.08 Å². The third kappa shape index (κ3) is 3.01. The second-order valence-electron chi connectivity index (χ2n) is 6.27. The van der Waals surface area contributed by atoms with Crippen LogP contribution in [0.15, 0.2) is 18.2 Å². The summed E-state index contributed by atoms with van der Waals surface area (Å²) < 4.78 is 5.96. The van der Waals surface area contributed by atoms with Crippen molar-refractivity contribution in [3.05, 3.63) is 34.9 Å². The van der Waals surface area contributed by atoms with Crippen molar-refractivity contribution in [1.82, 2.24) is 4.90 Å². The monoisotopic (exact) mass is 285 g/mol. The van der Waals surface area contributed by atoms with Crippen molar-refractivity contribution in [3.8, 4) is 5.75 Å². The number of rotatable bonds is 5. The van der Waals surface area contributed by atoms with Gasteiger partial charge in [-0.1, -0.05) is 32.1 Å². The SMILES string of the molecule is CCCN(CCC)[C@H]1CCc2ccc3c(c2C1)OCC=C3. The van der Waals surface area contributed by atoms with E-state index >= 15 is 0 Å². The Hall–Kier alpha value is -1.28. The number of aryl methyl sites for hydroxylation is 1. The highest BCUT2D eigenvalue weighted by molar-refractivity contribution is 5.64. The standard InChI is InChI=1S/C19H27NO/c1-3-11-20(12-4-2)17-10-9-15-7-8-16-6-5-13-21-19(16)18(15)14-17/h5-8,17H,3-4,9-14H2,1-2H3/t17-/m0/s1. The van der Waals surface area contributed by atoms with Gasteiger partial charge in [-0.25, -0.2) is 0 Å². The molecule has 0 saturated heterocycles. The van der Waals surface area contributed by atoms with Crippen LogP contribution in [-0.2, 0) is 12.8 Å². The lowest BCUT2D eigenvalue weighted by Crippen LogP contribution is -2.40. The molecule has 1 aliphatic carbocycles. The molecule has 114 valence electrons. The Morgan fingerprint density at radius 3 is 2.76 bits per heavy atom. The maximum absolute atomic E-state index is 5.96. The number of fused-ring (bicyclic) bond motifs is 3. The summed E-state index contributed by atoms with van der Waals surface area (Å²) in [6, 6.07) is 5.23. The van der Waals surface area contributed by atoms with Gasteiger partial charge < -0.3 is 9.64 Å². The van der Waals surface area contributed by atoms with Crippen LogP contribution >= 0.6 is 0 Å². The van der Waals surface area contributed by atoms with Gasteiger partial charge in [0.2, 0.25) is 0 Å². The highest BCUT2D eigenvalue weighted by Gasteiger charge is 2.27. The van der Waals surface area contributed by atoms with Crippen molar-refractivity contribution in [2.75, 3.05) is 19.7 Å². The fourth-order valence-electron chi connectivity index (χ4n) is 3.78. The van der Waals surface area contributed by atoms with Crippen molar-refractivity contribution in [1.29, 1.82) is 0 Å². The Balaban J connectivity index is 1.85. The molecule has 2 aliphatic rings. The molecule has 3 rings (SSSR count). The maximum Gasteiger partial charge on any atom is 0.130 e. The average molecular weight is 285 g/mol. The molecule has 0 spiro atoms. The lowest BCUT2D eigenvalue weighted by molar-refractivity contribution is 0.178. The van der Waals surface area contributed by atoms with Gasteiger partial charge in [0, 0.05) is 11.6 Å². The topological polar surface area (TPSA) is 12.5 Å². The zero-order valence-corrected chi connectivity index (χ0v) is 13.4. The van der Waals surface area contributed by atoms with Crippen LogP contribution in [0.25, 0.3) is 6.08 Å². The van der Waals surface area contributed by atoms with Crippen LogP contribution in [0.4, 0.5) is 0 Å². The van der Waals surface area contributed by atoms with E-state index < -0.39 is 0 Å². The molecule has 0 aromatic heterocycles. The summed E-state index contributed by atoms with van der Waals surface area (Å²) in [6.07, 6.45) is 10.5. The molecular formula is C19H27NO. The molecule has 21 heavy (non-hydrogen) atoms. The Bertz CT molecular complexity index is 515. The Morgan fingerprint density at radius 2 is 2.00 bits per heavy atom. The van der Waals surface area contributed by atoms with E-state index in [2.05, 4.69) is 43.0 Å². The van der Waals surface area contributed by atoms with Gasteiger partial charge in [0.15, 0.2) is 0 Å². The zero-order valence-electron chi connectivity index (χ0n) is 13.4. The molecule has 0 radical (unpaired) electrons. The van der Waals surface area contributed by atoms with E-state index in [1.54, 1.807) is 0 Å². The van der Waals surface area contributed by atoms with Gasteiger partial charge in [-0.05, 0) is 62.4 Å². The van der Waals surface area contributed by atoms with E-state index in [-0.39, 0.29) is 0 Å². The zero-order chi connectivity index (χ0) is 14.7. The van der Waals surface area contributed by atoms with Crippen LogP contribution in [0.2, 0.25) is 0 Å². The first-order valence-corrected chi connectivity index (χ1v) is 8.51. The van der Waals surface area contributed by atoms with E-state index in [1.165, 1.54) is 55.5 Å². The molecule has 1 atom stereocenters. The number of hydrogen-bond donors (Lipinski definition) is 0. The van der Waals surface area contributed by atoms with Gasteiger partial charge in [-0.2, -0.15) is 0 Å². The van der Waals surface area contributed by atoms with E-state index in [1.807, 2.05) is 0 Å². The Kier molecular flexibility index (Phi) is 4.64. The molecule has 1 aliphatic heterocycles. The summed E-state index contributed by atoms with van der Waals surface area (Å²) in [4.78, 5) is 2.70. The lowest BCUT2D eigenvalue weighted by atomic mass is 9.85. The molecule has 0 saturated carbocycles. The predicted octanol–water partition coefficient (Wildman–Crippen LogP) is 4.07. The summed E-state index contributed by atoms with van der Waals surface area (Å²) in [7, 11) is 0. The van der Waals surface area contributed by atoms with E-state index in [0.29, 0.717) is 6.04 Å². The largest absolute Gasteiger partial charge is 0.489 e. The van der Waals surface area contributed by atoms with Crippen molar-refractivity contribution in [3.63, 3.8) is 0 Å². The first-order valence-electron chi connectivity index (χ1n) is 8.51. The molecule has 0 fully saturated rings. The van der Waals surface area contributed by atoms with E-state index in [0.717, 1.165) is 18.8 Å². The van der Waals surface area contributed by atoms with Gasteiger partial charge >= 0.3 is 0 Å². The molecule has 2 heteroatoms. The molecule has 1 aromatic carbocycles. The normalized spacial score (nSPS) is 20.0. The maximum atomic E-state index is 5.96. The molecule has 0 unspecified atom stereocenters. The summed E-state index contributed by atoms with van der Waals surface area (Å²) in [5.41, 5.74) is 4.25. The highest BCUT2D eigenvalue weighted by atomic mass is 16.5. The number of nitrogens with zero attached hydrogens (tertiary/aromatic N) is 1. The van der Waals surface area contributed by atoms with Crippen molar-refractivity contribution in [2.24, 2.45) is 0 Å². The Labute approximate surface area is 128 Å². The lowest BCUT2D eigenvalue weighted by Gasteiger charge is -2.36. The van der Waals surface area contributed by atoms with Gasteiger partial charge in [-0.3, -0.25) is 0 Å². The first kappa shape index (κ1) is 14.6. The minimum absolute atomic E-state index is 0.693. The smallest absolute Gasteiger partial charge is 0.130 e. The molecule has 1 aromatic rings. The first-order chi connectivity index (χ1) is 10.3. The molecule has 2 nitrogen and oxygen atoms in total. The predicted molar refractivity (Wildman–Crippen MR) is 88.9 cm³/mol. The highest BCUT2D eigenvalue weighted by Crippen LogP contribution is 2.36. The third-order valence-electron chi connectivity index (χ3n) is 4.73. The fraction of sp³-hybridized carbons (Fsp3) is 0.579. The van der Waals surface area contributed by atoms with Crippen LogP contribution < -0.4 is 4.74 Å². The van der Waals surface area contributed by atoms with Gasteiger partial charge in [0.1, 0.15) is 12.4 Å². The minimum atomic E-state index is 0.693. The number of ether oxygens (including phenoxy) is 1. The molecule has 1 heterocycles. The minimum Gasteiger partial charge on any atom is -0.489 e. The fourth-order valence-corrected chi connectivity index (χ4v) is 3.78. The van der Waals surface area contributed by atoms with Crippen LogP contribution in [0.1, 0.15) is 49.8 Å². The summed E-state index contributed by atoms with van der Waals surface area (Å²) in [5, 5.41) is 0. The van der Waals surface area contributed by atoms with E-state index in [9.17, 15) is 0 Å². The summed E-state index contributed by atoms with van der Waals surface area (Å²) >= 11 is 0. The van der Waals surface area contributed by atoms with Crippen LogP contribution in [-0.4, -0.2) is 30.6 Å². The Morgan fingerprint density at radius 1 is 1.19 bits per heavy atom. The second kappa shape index (κ2) is 6.65. The number of hydrogen-bond acceptors (Lipinski definition) is 2. The third-order valence-corrected chi connectivity index (χ3v) is 4.73. The van der Waals surface area contributed by atoms with Gasteiger partial charge in [0.05, 0.1) is 0 Å². The van der Waals surface area contributed by atoms with Crippen molar-refractivity contribution < 1.29 is 4.74 Å². The van der Waals surface area contributed by atoms with Crippen LogP contribution in [0, 0.1) is 0 Å². The molecule has 0 N–H and O–H groups in total. The molecule has 0 bridgehead atoms. The van der Waals surface area contributed by atoms with Crippen LogP contribution in [0.5, 0.6) is 5.75 Å². The summed E-state index contributed by atoms with van der Waals surface area (Å²) in [5.74, 6) is 1.16. The molecule has 0 amide bonds. The summed E-state index contributed by atoms with van der Waals surface area (Å²) in [6.45, 7) is 7.75. The van der Waals surface area contributed by atoms with E-state index in [4.69, 9.17) is 4.74 Å². The van der Waals surface area contributed by atoms with Gasteiger partial charge in [0.25, 0.3) is 0 Å². The van der Waals surface area contributed by atoms with Gasteiger partial charge in [-0.15, -0.1) is 0 Å². The molecular weight excluding hydrogens is 258 g/mol. The van der Waals surface area contributed by atoms with Crippen LogP contribution in [0.3, 0.4) is 0 Å². The second-order valence-corrected chi connectivity index (χ2v) is 6.27. The quantitative estimate of drug-likeness (QED) is 0.808. The van der Waals surface area contributed by atoms with Crippen molar-refractivity contribution in [2.45, 2.75) is 52.0 Å².